The number of piperidine rings is 1. The first-order valence-electron chi connectivity index (χ1n) is 6.87. The Labute approximate surface area is 105 Å². The highest BCUT2D eigenvalue weighted by molar-refractivity contribution is 4.97. The van der Waals surface area contributed by atoms with Crippen LogP contribution in [0.2, 0.25) is 0 Å². The van der Waals surface area contributed by atoms with Gasteiger partial charge < -0.3 is 9.64 Å². The van der Waals surface area contributed by atoms with Gasteiger partial charge in [-0.3, -0.25) is 0 Å². The Kier molecular flexibility index (Phi) is 4.06. The summed E-state index contributed by atoms with van der Waals surface area (Å²) in [6.45, 7) is 8.51. The van der Waals surface area contributed by atoms with Gasteiger partial charge in [0.05, 0.1) is 18.8 Å². The largest absolute Gasteiger partial charge is 0.378 e. The Morgan fingerprint density at radius 2 is 2.00 bits per heavy atom. The zero-order valence-electron chi connectivity index (χ0n) is 11.1. The highest BCUT2D eigenvalue weighted by Gasteiger charge is 2.44. The molecule has 0 N–H and O–H groups in total. The molecule has 0 aromatic heterocycles. The lowest BCUT2D eigenvalue weighted by Crippen LogP contribution is -2.39. The van der Waals surface area contributed by atoms with E-state index in [0.29, 0.717) is 17.4 Å². The van der Waals surface area contributed by atoms with E-state index < -0.39 is 0 Å². The van der Waals surface area contributed by atoms with Crippen molar-refractivity contribution >= 4 is 0 Å². The second-order valence-corrected chi connectivity index (χ2v) is 6.04. The average molecular weight is 236 g/mol. The van der Waals surface area contributed by atoms with E-state index in [0.717, 1.165) is 32.5 Å². The van der Waals surface area contributed by atoms with Crippen molar-refractivity contribution in [1.82, 2.24) is 4.90 Å². The minimum absolute atomic E-state index is 0.299. The van der Waals surface area contributed by atoms with E-state index in [4.69, 9.17) is 10.00 Å². The smallest absolute Gasteiger partial charge is 0.0656 e. The fourth-order valence-corrected chi connectivity index (χ4v) is 2.56. The number of likely N-dealkylation sites (tertiary alicyclic amines) is 1. The van der Waals surface area contributed by atoms with Gasteiger partial charge in [-0.05, 0) is 52.6 Å². The lowest BCUT2D eigenvalue weighted by atomic mass is 9.97. The van der Waals surface area contributed by atoms with Gasteiger partial charge in [0.2, 0.25) is 0 Å². The second-order valence-electron chi connectivity index (χ2n) is 6.04. The summed E-state index contributed by atoms with van der Waals surface area (Å²) in [6, 6.07) is 2.39. The molecule has 2 rings (SSSR count). The summed E-state index contributed by atoms with van der Waals surface area (Å²) in [5.41, 5.74) is 0.448. The van der Waals surface area contributed by atoms with Crippen molar-refractivity contribution < 1.29 is 4.74 Å². The van der Waals surface area contributed by atoms with Crippen LogP contribution in [0.25, 0.3) is 0 Å². The van der Waals surface area contributed by atoms with E-state index in [-0.39, 0.29) is 0 Å². The molecule has 1 saturated carbocycles. The van der Waals surface area contributed by atoms with Crippen LogP contribution in [-0.2, 0) is 4.74 Å². The minimum Gasteiger partial charge on any atom is -0.378 e. The van der Waals surface area contributed by atoms with Gasteiger partial charge in [0.1, 0.15) is 0 Å². The molecule has 1 saturated heterocycles. The van der Waals surface area contributed by atoms with E-state index >= 15 is 0 Å². The minimum atomic E-state index is 0.299. The average Bonchev–Trinajstić information content (AvgIpc) is 3.08. The van der Waals surface area contributed by atoms with Gasteiger partial charge in [0.15, 0.2) is 0 Å². The maximum absolute atomic E-state index is 8.88. The predicted molar refractivity (Wildman–Crippen MR) is 67.5 cm³/mol. The van der Waals surface area contributed by atoms with Crippen LogP contribution in [-0.4, -0.2) is 37.2 Å². The normalized spacial score (nSPS) is 24.8. The van der Waals surface area contributed by atoms with Crippen LogP contribution < -0.4 is 0 Å². The van der Waals surface area contributed by atoms with Crippen LogP contribution in [0.5, 0.6) is 0 Å². The number of ether oxygens (including phenoxy) is 1. The molecule has 0 radical (unpaired) electrons. The van der Waals surface area contributed by atoms with Gasteiger partial charge >= 0.3 is 0 Å². The highest BCUT2D eigenvalue weighted by atomic mass is 16.5. The van der Waals surface area contributed by atoms with Gasteiger partial charge in [-0.2, -0.15) is 5.26 Å². The van der Waals surface area contributed by atoms with Crippen molar-refractivity contribution in [3.05, 3.63) is 0 Å². The molecule has 2 aliphatic rings. The SMILES string of the molecule is CC(C)OCC1(CN2CCC(C#N)CC2)CC1. The van der Waals surface area contributed by atoms with Crippen LogP contribution in [0, 0.1) is 22.7 Å². The summed E-state index contributed by atoms with van der Waals surface area (Å²) >= 11 is 0. The Bertz CT molecular complexity index is 283. The monoisotopic (exact) mass is 236 g/mol. The van der Waals surface area contributed by atoms with Gasteiger partial charge in [0, 0.05) is 17.9 Å². The standard InChI is InChI=1S/C14H24N2O/c1-12(2)17-11-14(5-6-14)10-16-7-3-13(9-15)4-8-16/h12-13H,3-8,10-11H2,1-2H3. The fourth-order valence-electron chi connectivity index (χ4n) is 2.56. The summed E-state index contributed by atoms with van der Waals surface area (Å²) in [7, 11) is 0. The molecule has 1 aliphatic heterocycles. The Balaban J connectivity index is 1.72. The molecule has 17 heavy (non-hydrogen) atoms. The molecule has 0 bridgehead atoms. The Hall–Kier alpha value is -0.590. The zero-order valence-corrected chi connectivity index (χ0v) is 11.1. The van der Waals surface area contributed by atoms with Crippen LogP contribution in [0.15, 0.2) is 0 Å². The van der Waals surface area contributed by atoms with Gasteiger partial charge in [-0.25, -0.2) is 0 Å². The summed E-state index contributed by atoms with van der Waals surface area (Å²) < 4.78 is 5.77. The Morgan fingerprint density at radius 1 is 1.35 bits per heavy atom. The number of nitrogens with zero attached hydrogens (tertiary/aromatic N) is 2. The summed E-state index contributed by atoms with van der Waals surface area (Å²) in [5.74, 6) is 0.299. The van der Waals surface area contributed by atoms with Crippen molar-refractivity contribution in [2.24, 2.45) is 11.3 Å². The predicted octanol–water partition coefficient (Wildman–Crippen LogP) is 2.43. The summed E-state index contributed by atoms with van der Waals surface area (Å²) in [4.78, 5) is 2.53. The molecule has 0 aromatic carbocycles. The highest BCUT2D eigenvalue weighted by Crippen LogP contribution is 2.47. The lowest BCUT2D eigenvalue weighted by molar-refractivity contribution is 0.0276. The molecule has 96 valence electrons. The molecule has 3 nitrogen and oxygen atoms in total. The third kappa shape index (κ3) is 3.69. The molecule has 1 heterocycles. The molecule has 0 aromatic rings. The van der Waals surface area contributed by atoms with E-state index in [1.807, 2.05) is 0 Å². The summed E-state index contributed by atoms with van der Waals surface area (Å²) in [5, 5.41) is 8.88. The van der Waals surface area contributed by atoms with Crippen LogP contribution in [0.4, 0.5) is 0 Å². The molecule has 0 amide bonds. The molecule has 2 fully saturated rings. The molecular weight excluding hydrogens is 212 g/mol. The van der Waals surface area contributed by atoms with Crippen molar-refractivity contribution in [3.63, 3.8) is 0 Å². The van der Waals surface area contributed by atoms with Gasteiger partial charge in [-0.1, -0.05) is 0 Å². The topological polar surface area (TPSA) is 36.3 Å². The number of hydrogen-bond donors (Lipinski definition) is 0. The van der Waals surface area contributed by atoms with Crippen molar-refractivity contribution in [2.75, 3.05) is 26.2 Å². The quantitative estimate of drug-likeness (QED) is 0.735. The second kappa shape index (κ2) is 5.37. The first-order chi connectivity index (χ1) is 8.13. The van der Waals surface area contributed by atoms with Crippen molar-refractivity contribution in [3.8, 4) is 6.07 Å². The lowest BCUT2D eigenvalue weighted by Gasteiger charge is -2.32. The maximum Gasteiger partial charge on any atom is 0.0656 e. The molecule has 0 spiro atoms. The van der Waals surface area contributed by atoms with Crippen LogP contribution >= 0.6 is 0 Å². The first-order valence-corrected chi connectivity index (χ1v) is 6.87. The third-order valence-corrected chi connectivity index (χ3v) is 4.01. The van der Waals surface area contributed by atoms with E-state index in [2.05, 4.69) is 24.8 Å². The van der Waals surface area contributed by atoms with Crippen LogP contribution in [0.3, 0.4) is 0 Å². The molecule has 1 aliphatic carbocycles. The number of rotatable bonds is 5. The van der Waals surface area contributed by atoms with E-state index in [1.165, 1.54) is 19.4 Å². The van der Waals surface area contributed by atoms with E-state index in [1.54, 1.807) is 0 Å². The first kappa shape index (κ1) is 12.9. The maximum atomic E-state index is 8.88. The van der Waals surface area contributed by atoms with Crippen molar-refractivity contribution in [2.45, 2.75) is 45.6 Å². The molecule has 0 unspecified atom stereocenters. The van der Waals surface area contributed by atoms with E-state index in [9.17, 15) is 0 Å². The molecule has 0 atom stereocenters. The van der Waals surface area contributed by atoms with Crippen molar-refractivity contribution in [1.29, 1.82) is 5.26 Å². The number of nitriles is 1. The van der Waals surface area contributed by atoms with Gasteiger partial charge in [0.25, 0.3) is 0 Å². The third-order valence-electron chi connectivity index (χ3n) is 4.01. The number of hydrogen-bond acceptors (Lipinski definition) is 3. The molecular formula is C14H24N2O. The molecule has 3 heteroatoms. The summed E-state index contributed by atoms with van der Waals surface area (Å²) in [6.07, 6.45) is 5.09. The Morgan fingerprint density at radius 3 is 2.47 bits per heavy atom. The van der Waals surface area contributed by atoms with Crippen LogP contribution in [0.1, 0.15) is 39.5 Å². The zero-order chi connectivity index (χ0) is 12.3. The fraction of sp³-hybridized carbons (Fsp3) is 0.929. The van der Waals surface area contributed by atoms with Gasteiger partial charge in [-0.15, -0.1) is 0 Å².